The maximum Gasteiger partial charge on any atom is 0.164 e. The molecular weight excluding hydrogens is 184 g/mol. The van der Waals surface area contributed by atoms with Crippen molar-refractivity contribution in [3.63, 3.8) is 0 Å². The average Bonchev–Trinajstić information content (AvgIpc) is 1.96. The maximum absolute atomic E-state index is 11.1. The first-order chi connectivity index (χ1) is 6.29. The average molecular weight is 198 g/mol. The lowest BCUT2D eigenvalue weighted by atomic mass is 9.97. The van der Waals surface area contributed by atoms with E-state index in [1.54, 1.807) is 0 Å². The molecule has 0 bridgehead atoms. The summed E-state index contributed by atoms with van der Waals surface area (Å²) in [5, 5.41) is 18.4. The summed E-state index contributed by atoms with van der Waals surface area (Å²) < 4.78 is 0. The molecule has 4 nitrogen and oxygen atoms in total. The molecule has 14 heavy (non-hydrogen) atoms. The molecule has 0 aliphatic heterocycles. The van der Waals surface area contributed by atoms with Gasteiger partial charge in [-0.3, -0.25) is 9.59 Å². The zero-order valence-corrected chi connectivity index (χ0v) is 8.71. The minimum absolute atomic E-state index is 0.127. The van der Waals surface area contributed by atoms with Crippen LogP contribution in [0.15, 0.2) is 22.7 Å². The molecule has 0 aromatic carbocycles. The van der Waals surface area contributed by atoms with Crippen LogP contribution in [0.2, 0.25) is 0 Å². The monoisotopic (exact) mass is 198 g/mol. The van der Waals surface area contributed by atoms with Crippen molar-refractivity contribution in [3.8, 4) is 0 Å². The summed E-state index contributed by atoms with van der Waals surface area (Å²) in [6.07, 6.45) is 0. The Morgan fingerprint density at radius 2 is 0.929 bits per heavy atom. The van der Waals surface area contributed by atoms with E-state index in [0.29, 0.717) is 0 Å². The molecular formula is C10H14O4. The molecule has 0 atom stereocenters. The minimum atomic E-state index is -0.455. The number of aliphatic hydroxyl groups is 2. The highest BCUT2D eigenvalue weighted by atomic mass is 16.3. The predicted octanol–water partition coefficient (Wildman–Crippen LogP) is 1.83. The lowest BCUT2D eigenvalue weighted by Gasteiger charge is -2.08. The van der Waals surface area contributed by atoms with Crippen LogP contribution in [0.4, 0.5) is 0 Å². The van der Waals surface area contributed by atoms with Crippen molar-refractivity contribution in [2.45, 2.75) is 27.7 Å². The molecule has 4 heteroatoms. The van der Waals surface area contributed by atoms with E-state index in [9.17, 15) is 19.8 Å². The fourth-order valence-corrected chi connectivity index (χ4v) is 1.22. The summed E-state index contributed by atoms with van der Waals surface area (Å²) in [6, 6.07) is 0. The van der Waals surface area contributed by atoms with E-state index in [-0.39, 0.29) is 22.7 Å². The van der Waals surface area contributed by atoms with Crippen molar-refractivity contribution >= 4 is 11.6 Å². The third-order valence-electron chi connectivity index (χ3n) is 1.68. The standard InChI is InChI=1S/C10H14O4/c1-5(11)9(6(2)12)10(7(3)13)8(4)14/h11,13H,1-4H3/b9-5-,10-7-. The van der Waals surface area contributed by atoms with Crippen molar-refractivity contribution in [3.05, 3.63) is 22.7 Å². The number of hydrogen-bond acceptors (Lipinski definition) is 4. The zero-order chi connectivity index (χ0) is 11.5. The SMILES string of the molecule is CC(=O)C(=C(\C)O)/C(C(C)=O)=C(/C)O. The lowest BCUT2D eigenvalue weighted by Crippen LogP contribution is -2.11. The Morgan fingerprint density at radius 1 is 0.714 bits per heavy atom. The number of allylic oxidation sites excluding steroid dienone is 4. The molecule has 0 heterocycles. The first-order valence-electron chi connectivity index (χ1n) is 4.11. The topological polar surface area (TPSA) is 74.6 Å². The number of ketones is 2. The van der Waals surface area contributed by atoms with E-state index in [2.05, 4.69) is 0 Å². The van der Waals surface area contributed by atoms with Crippen LogP contribution in [0, 0.1) is 0 Å². The van der Waals surface area contributed by atoms with Gasteiger partial charge in [-0.25, -0.2) is 0 Å². The lowest BCUT2D eigenvalue weighted by molar-refractivity contribution is -0.116. The molecule has 0 radical (unpaired) electrons. The van der Waals surface area contributed by atoms with Crippen LogP contribution < -0.4 is 0 Å². The van der Waals surface area contributed by atoms with Crippen LogP contribution in [0.1, 0.15) is 27.7 Å². The second kappa shape index (κ2) is 4.60. The van der Waals surface area contributed by atoms with Crippen LogP contribution in [-0.2, 0) is 9.59 Å². The van der Waals surface area contributed by atoms with Gasteiger partial charge < -0.3 is 10.2 Å². The van der Waals surface area contributed by atoms with E-state index >= 15 is 0 Å². The fourth-order valence-electron chi connectivity index (χ4n) is 1.22. The molecule has 0 spiro atoms. The Morgan fingerprint density at radius 3 is 1.00 bits per heavy atom. The van der Waals surface area contributed by atoms with Crippen LogP contribution in [0.3, 0.4) is 0 Å². The molecule has 0 amide bonds. The van der Waals surface area contributed by atoms with Crippen LogP contribution >= 0.6 is 0 Å². The number of aliphatic hydroxyl groups excluding tert-OH is 2. The molecule has 2 N–H and O–H groups in total. The Balaban J connectivity index is 5.66. The molecule has 0 aliphatic rings. The molecule has 0 aliphatic carbocycles. The van der Waals surface area contributed by atoms with E-state index < -0.39 is 11.6 Å². The van der Waals surface area contributed by atoms with Gasteiger partial charge in [-0.15, -0.1) is 0 Å². The minimum Gasteiger partial charge on any atom is -0.512 e. The second-order valence-corrected chi connectivity index (χ2v) is 3.03. The second-order valence-electron chi connectivity index (χ2n) is 3.03. The molecule has 0 rings (SSSR count). The van der Waals surface area contributed by atoms with Gasteiger partial charge in [-0.1, -0.05) is 0 Å². The summed E-state index contributed by atoms with van der Waals surface area (Å²) in [6.45, 7) is 5.03. The van der Waals surface area contributed by atoms with Crippen molar-refractivity contribution in [1.29, 1.82) is 0 Å². The molecule has 0 unspecified atom stereocenters. The Hall–Kier alpha value is -1.58. The molecule has 0 saturated carbocycles. The Labute approximate surface area is 82.6 Å². The summed E-state index contributed by atoms with van der Waals surface area (Å²) in [4.78, 5) is 22.2. The quantitative estimate of drug-likeness (QED) is 0.412. The normalized spacial score (nSPS) is 14.3. The highest BCUT2D eigenvalue weighted by Crippen LogP contribution is 2.18. The largest absolute Gasteiger partial charge is 0.512 e. The third kappa shape index (κ3) is 2.73. The summed E-state index contributed by atoms with van der Waals surface area (Å²) >= 11 is 0. The molecule has 0 aromatic heterocycles. The first kappa shape index (κ1) is 12.4. The fraction of sp³-hybridized carbons (Fsp3) is 0.400. The van der Waals surface area contributed by atoms with Crippen LogP contribution in [0.5, 0.6) is 0 Å². The van der Waals surface area contributed by atoms with Crippen molar-refractivity contribution in [2.75, 3.05) is 0 Å². The van der Waals surface area contributed by atoms with Gasteiger partial charge in [0.15, 0.2) is 11.6 Å². The van der Waals surface area contributed by atoms with Crippen molar-refractivity contribution in [2.24, 2.45) is 0 Å². The van der Waals surface area contributed by atoms with E-state index in [1.165, 1.54) is 27.7 Å². The predicted molar refractivity (Wildman–Crippen MR) is 52.0 cm³/mol. The van der Waals surface area contributed by atoms with E-state index in [4.69, 9.17) is 0 Å². The van der Waals surface area contributed by atoms with Crippen LogP contribution in [-0.4, -0.2) is 21.8 Å². The number of carbonyl (C=O) groups excluding carboxylic acids is 2. The van der Waals surface area contributed by atoms with Gasteiger partial charge in [0.1, 0.15) is 11.5 Å². The van der Waals surface area contributed by atoms with Crippen LogP contribution in [0.25, 0.3) is 0 Å². The number of carbonyl (C=O) groups is 2. The number of rotatable bonds is 3. The number of hydrogen-bond donors (Lipinski definition) is 2. The molecule has 0 fully saturated rings. The highest BCUT2D eigenvalue weighted by molar-refractivity contribution is 6.11. The number of Topliss-reactive ketones (excluding diaryl/α,β-unsaturated/α-hetero) is 2. The molecule has 78 valence electrons. The highest BCUT2D eigenvalue weighted by Gasteiger charge is 2.20. The first-order valence-corrected chi connectivity index (χ1v) is 4.11. The van der Waals surface area contributed by atoms with E-state index in [1.807, 2.05) is 0 Å². The van der Waals surface area contributed by atoms with Gasteiger partial charge in [0, 0.05) is 0 Å². The summed E-state index contributed by atoms with van der Waals surface area (Å²) in [7, 11) is 0. The summed E-state index contributed by atoms with van der Waals surface area (Å²) in [5.74, 6) is -1.44. The van der Waals surface area contributed by atoms with Gasteiger partial charge in [0.25, 0.3) is 0 Å². The Kier molecular flexibility index (Phi) is 4.08. The molecule has 0 aromatic rings. The third-order valence-corrected chi connectivity index (χ3v) is 1.68. The smallest absolute Gasteiger partial charge is 0.164 e. The van der Waals surface area contributed by atoms with Gasteiger partial charge >= 0.3 is 0 Å². The van der Waals surface area contributed by atoms with Gasteiger partial charge in [0.05, 0.1) is 11.1 Å². The van der Waals surface area contributed by atoms with Crippen molar-refractivity contribution in [1.82, 2.24) is 0 Å². The summed E-state index contributed by atoms with van der Waals surface area (Å²) in [5.41, 5.74) is -0.255. The van der Waals surface area contributed by atoms with E-state index in [0.717, 1.165) is 0 Å². The maximum atomic E-state index is 11.1. The van der Waals surface area contributed by atoms with Crippen molar-refractivity contribution < 1.29 is 19.8 Å². The zero-order valence-electron chi connectivity index (χ0n) is 8.71. The molecule has 0 saturated heterocycles. The van der Waals surface area contributed by atoms with Gasteiger partial charge in [-0.05, 0) is 27.7 Å². The van der Waals surface area contributed by atoms with Gasteiger partial charge in [-0.2, -0.15) is 0 Å². The van der Waals surface area contributed by atoms with Gasteiger partial charge in [0.2, 0.25) is 0 Å². The Bertz CT molecular complexity index is 292.